The molecule has 0 spiro atoms. The zero-order chi connectivity index (χ0) is 15.0. The molecule has 0 amide bonds. The molecule has 2 rings (SSSR count). The maximum absolute atomic E-state index is 12.4. The van der Waals surface area contributed by atoms with Gasteiger partial charge in [0, 0.05) is 37.5 Å². The van der Waals surface area contributed by atoms with Gasteiger partial charge in [-0.15, -0.1) is 11.3 Å². The van der Waals surface area contributed by atoms with Crippen LogP contribution in [0, 0.1) is 0 Å². The lowest BCUT2D eigenvalue weighted by molar-refractivity contribution is 0.187. The minimum Gasteiger partial charge on any atom is -0.385 e. The number of fused-ring (bicyclic) bond motifs is 1. The maximum atomic E-state index is 12.4. The standard InChI is InChI=1S/C10H14ClNO5S3/c1-17-6-2-4-12-5-3-8-7-9(19(11,13)14)18-10(8)20(12,15)16/h7H,2-6H2,1H3. The number of ether oxygens (including phenoxy) is 1. The van der Waals surface area contributed by atoms with Crippen LogP contribution >= 0.6 is 22.0 Å². The van der Waals surface area contributed by atoms with E-state index >= 15 is 0 Å². The number of methoxy groups -OCH3 is 1. The molecule has 0 fully saturated rings. The highest BCUT2D eigenvalue weighted by Crippen LogP contribution is 2.37. The van der Waals surface area contributed by atoms with E-state index < -0.39 is 19.1 Å². The Morgan fingerprint density at radius 3 is 2.80 bits per heavy atom. The molecule has 114 valence electrons. The third-order valence-electron chi connectivity index (χ3n) is 2.95. The molecule has 1 aromatic heterocycles. The fourth-order valence-corrected chi connectivity index (χ4v) is 6.62. The van der Waals surface area contributed by atoms with Crippen molar-refractivity contribution >= 4 is 41.1 Å². The quantitative estimate of drug-likeness (QED) is 0.584. The molecule has 10 heteroatoms. The smallest absolute Gasteiger partial charge is 0.270 e. The van der Waals surface area contributed by atoms with Crippen LogP contribution in [0.4, 0.5) is 0 Å². The average molecular weight is 360 g/mol. The summed E-state index contributed by atoms with van der Waals surface area (Å²) in [4.78, 5) is 0. The topological polar surface area (TPSA) is 80.8 Å². The molecule has 0 unspecified atom stereocenters. The molecule has 1 aliphatic heterocycles. The Bertz CT molecular complexity index is 694. The van der Waals surface area contributed by atoms with E-state index in [2.05, 4.69) is 0 Å². The van der Waals surface area contributed by atoms with Crippen LogP contribution in [0.25, 0.3) is 0 Å². The Morgan fingerprint density at radius 1 is 1.50 bits per heavy atom. The summed E-state index contributed by atoms with van der Waals surface area (Å²) in [5, 5.41) is 0. The van der Waals surface area contributed by atoms with Crippen LogP contribution < -0.4 is 0 Å². The Labute approximate surface area is 126 Å². The molecule has 0 aromatic carbocycles. The molecule has 0 radical (unpaired) electrons. The minimum absolute atomic E-state index is 0.0837. The van der Waals surface area contributed by atoms with Gasteiger partial charge in [-0.25, -0.2) is 16.8 Å². The number of hydrogen-bond donors (Lipinski definition) is 0. The van der Waals surface area contributed by atoms with Gasteiger partial charge >= 0.3 is 0 Å². The van der Waals surface area contributed by atoms with Crippen molar-refractivity contribution in [3.8, 4) is 0 Å². The molecule has 1 aromatic rings. The van der Waals surface area contributed by atoms with Crippen LogP contribution in [0.15, 0.2) is 14.5 Å². The lowest BCUT2D eigenvalue weighted by atomic mass is 10.2. The molecule has 0 aliphatic carbocycles. The Balaban J connectivity index is 2.31. The molecule has 0 saturated heterocycles. The first-order valence-corrected chi connectivity index (χ1v) is 10.4. The van der Waals surface area contributed by atoms with Gasteiger partial charge in [0.1, 0.15) is 8.42 Å². The van der Waals surface area contributed by atoms with Crippen LogP contribution in [-0.2, 0) is 30.2 Å². The Morgan fingerprint density at radius 2 is 2.20 bits per heavy atom. The highest BCUT2D eigenvalue weighted by molar-refractivity contribution is 8.15. The van der Waals surface area contributed by atoms with Crippen LogP contribution in [-0.4, -0.2) is 47.9 Å². The van der Waals surface area contributed by atoms with E-state index in [0.29, 0.717) is 49.4 Å². The second-order valence-electron chi connectivity index (χ2n) is 4.32. The maximum Gasteiger partial charge on any atom is 0.270 e. The molecule has 0 bridgehead atoms. The summed E-state index contributed by atoms with van der Waals surface area (Å²) in [7, 11) is -0.704. The number of sulfonamides is 1. The molecule has 0 saturated carbocycles. The zero-order valence-corrected chi connectivity index (χ0v) is 13.9. The molecule has 6 nitrogen and oxygen atoms in total. The normalized spacial score (nSPS) is 18.9. The Kier molecular flexibility index (Phi) is 4.77. The number of halogens is 1. The van der Waals surface area contributed by atoms with Gasteiger partial charge in [0.25, 0.3) is 19.1 Å². The largest absolute Gasteiger partial charge is 0.385 e. The summed E-state index contributed by atoms with van der Waals surface area (Å²) >= 11 is 0.711. The van der Waals surface area contributed by atoms with Crippen molar-refractivity contribution < 1.29 is 21.6 Å². The SMILES string of the molecule is COCCCN1CCc2cc(S(=O)(=O)Cl)sc2S1(=O)=O. The van der Waals surface area contributed by atoms with Crippen molar-refractivity contribution in [2.24, 2.45) is 0 Å². The molecule has 2 heterocycles. The number of thiophene rings is 1. The van der Waals surface area contributed by atoms with Crippen molar-refractivity contribution in [1.29, 1.82) is 0 Å². The molecular weight excluding hydrogens is 346 g/mol. The fourth-order valence-electron chi connectivity index (χ4n) is 2.00. The minimum atomic E-state index is -3.90. The van der Waals surface area contributed by atoms with Gasteiger partial charge in [0.2, 0.25) is 0 Å². The first-order valence-electron chi connectivity index (χ1n) is 5.83. The lowest BCUT2D eigenvalue weighted by Gasteiger charge is -2.25. The van der Waals surface area contributed by atoms with E-state index in [1.807, 2.05) is 0 Å². The van der Waals surface area contributed by atoms with E-state index in [-0.39, 0.29) is 8.42 Å². The first-order chi connectivity index (χ1) is 9.26. The third-order valence-corrected chi connectivity index (χ3v) is 8.65. The van der Waals surface area contributed by atoms with Crippen molar-refractivity contribution in [2.45, 2.75) is 21.3 Å². The zero-order valence-electron chi connectivity index (χ0n) is 10.7. The van der Waals surface area contributed by atoms with Gasteiger partial charge in [-0.05, 0) is 24.5 Å². The van der Waals surface area contributed by atoms with Crippen molar-refractivity contribution in [2.75, 3.05) is 26.8 Å². The second-order valence-corrected chi connectivity index (χ2v) is 10.3. The van der Waals surface area contributed by atoms with Crippen LogP contribution in [0.2, 0.25) is 0 Å². The predicted octanol–water partition coefficient (Wildman–Crippen LogP) is 1.26. The molecule has 0 atom stereocenters. The second kappa shape index (κ2) is 5.90. The van der Waals surface area contributed by atoms with Crippen LogP contribution in [0.1, 0.15) is 12.0 Å². The molecule has 20 heavy (non-hydrogen) atoms. The van der Waals surface area contributed by atoms with Gasteiger partial charge in [-0.1, -0.05) is 0 Å². The highest BCUT2D eigenvalue weighted by atomic mass is 35.7. The summed E-state index contributed by atoms with van der Waals surface area (Å²) < 4.78 is 53.6. The van der Waals surface area contributed by atoms with Gasteiger partial charge < -0.3 is 4.74 Å². The number of rotatable bonds is 5. The van der Waals surface area contributed by atoms with E-state index in [9.17, 15) is 16.8 Å². The van der Waals surface area contributed by atoms with Gasteiger partial charge in [-0.3, -0.25) is 0 Å². The summed E-state index contributed by atoms with van der Waals surface area (Å²) in [6.45, 7) is 1.18. The monoisotopic (exact) mass is 359 g/mol. The van der Waals surface area contributed by atoms with Crippen LogP contribution in [0.5, 0.6) is 0 Å². The van der Waals surface area contributed by atoms with E-state index in [4.69, 9.17) is 15.4 Å². The fraction of sp³-hybridized carbons (Fsp3) is 0.600. The summed E-state index contributed by atoms with van der Waals surface area (Å²) in [5.41, 5.74) is 0.525. The van der Waals surface area contributed by atoms with Crippen molar-refractivity contribution in [3.05, 3.63) is 11.6 Å². The highest BCUT2D eigenvalue weighted by Gasteiger charge is 2.34. The van der Waals surface area contributed by atoms with Gasteiger partial charge in [-0.2, -0.15) is 4.31 Å². The van der Waals surface area contributed by atoms with E-state index in [1.54, 1.807) is 7.11 Å². The number of hydrogen-bond acceptors (Lipinski definition) is 6. The Hall–Kier alpha value is -0.190. The predicted molar refractivity (Wildman–Crippen MR) is 76.3 cm³/mol. The van der Waals surface area contributed by atoms with E-state index in [0.717, 1.165) is 0 Å². The van der Waals surface area contributed by atoms with Crippen molar-refractivity contribution in [1.82, 2.24) is 4.31 Å². The summed E-state index contributed by atoms with van der Waals surface area (Å²) in [6, 6.07) is 1.35. The van der Waals surface area contributed by atoms with Gasteiger partial charge in [0.05, 0.1) is 0 Å². The molecule has 0 N–H and O–H groups in total. The van der Waals surface area contributed by atoms with Crippen LogP contribution in [0.3, 0.4) is 0 Å². The third kappa shape index (κ3) is 3.18. The summed E-state index contributed by atoms with van der Waals surface area (Å²) in [5.74, 6) is 0. The lowest BCUT2D eigenvalue weighted by Crippen LogP contribution is -2.37. The number of nitrogens with zero attached hydrogens (tertiary/aromatic N) is 1. The summed E-state index contributed by atoms with van der Waals surface area (Å²) in [6.07, 6.45) is 1.08. The first kappa shape index (κ1) is 16.2. The van der Waals surface area contributed by atoms with Gasteiger partial charge in [0.15, 0.2) is 0 Å². The molecule has 1 aliphatic rings. The van der Waals surface area contributed by atoms with E-state index in [1.165, 1.54) is 10.4 Å². The average Bonchev–Trinajstić information content (AvgIpc) is 2.77. The molecular formula is C10H14ClNO5S3. The van der Waals surface area contributed by atoms with Crippen molar-refractivity contribution in [3.63, 3.8) is 0 Å².